The Kier molecular flexibility index (Phi) is 6.85. The third-order valence-corrected chi connectivity index (χ3v) is 9.49. The smallest absolute Gasteiger partial charge is 0.255 e. The molecule has 5 rings (SSSR count). The monoisotopic (exact) mass is 555 g/mol. The Morgan fingerprint density at radius 3 is 2.33 bits per heavy atom. The van der Waals surface area contributed by atoms with E-state index in [0.717, 1.165) is 25.9 Å². The van der Waals surface area contributed by atoms with Gasteiger partial charge in [0, 0.05) is 23.6 Å². The van der Waals surface area contributed by atoms with Crippen LogP contribution in [0, 0.1) is 17.8 Å². The van der Waals surface area contributed by atoms with Gasteiger partial charge < -0.3 is 31.3 Å². The van der Waals surface area contributed by atoms with Crippen LogP contribution >= 0.6 is 0 Å². The highest BCUT2D eigenvalue weighted by atomic mass is 16.4. The van der Waals surface area contributed by atoms with E-state index in [4.69, 9.17) is 5.73 Å². The van der Waals surface area contributed by atoms with Crippen LogP contribution in [0.25, 0.3) is 0 Å². The molecule has 1 amide bonds. The molecular weight excluding hydrogens is 518 g/mol. The Morgan fingerprint density at radius 1 is 1.12 bits per heavy atom. The molecule has 4 aliphatic rings. The molecule has 0 radical (unpaired) electrons. The maximum absolute atomic E-state index is 14.0. The number of benzene rings is 1. The summed E-state index contributed by atoms with van der Waals surface area (Å²) >= 11 is 0. The van der Waals surface area contributed by atoms with Gasteiger partial charge in [-0.3, -0.25) is 24.2 Å². The molecule has 0 spiro atoms. The number of amides is 1. The van der Waals surface area contributed by atoms with E-state index < -0.39 is 75.6 Å². The minimum Gasteiger partial charge on any atom is -0.510 e. The van der Waals surface area contributed by atoms with Crippen molar-refractivity contribution < 1.29 is 39.9 Å². The third kappa shape index (κ3) is 3.82. The van der Waals surface area contributed by atoms with Gasteiger partial charge in [0.05, 0.1) is 23.6 Å². The predicted octanol–water partition coefficient (Wildman–Crippen LogP) is 0.884. The van der Waals surface area contributed by atoms with Crippen LogP contribution in [-0.2, 0) is 16.1 Å². The SMILES string of the molecule is CC1CCN(Cc2ccc3c(c2O)C(=O)C2=C(O)[C@]4(O)C(=O)C(C(N)=O)=C(O)[C@@H](N(C)C)[C@@H]4[C@@H](O)[C@@H]2[C@H]3C)CC1. The number of carbonyl (C=O) groups is 3. The Balaban J connectivity index is 1.65. The molecule has 11 nitrogen and oxygen atoms in total. The van der Waals surface area contributed by atoms with Crippen molar-refractivity contribution in [3.05, 3.63) is 51.5 Å². The number of likely N-dealkylation sites (N-methyl/N-ethyl adjacent to an activating group) is 1. The predicted molar refractivity (Wildman–Crippen MR) is 143 cm³/mol. The number of phenols is 1. The molecule has 1 aromatic rings. The molecule has 1 heterocycles. The Hall–Kier alpha value is -3.25. The number of hydrogen-bond acceptors (Lipinski definition) is 10. The van der Waals surface area contributed by atoms with Crippen LogP contribution in [0.2, 0.25) is 0 Å². The summed E-state index contributed by atoms with van der Waals surface area (Å²) in [7, 11) is 3.01. The number of aliphatic hydroxyl groups is 4. The number of Topliss-reactive ketones (excluding diaryl/α,β-unsaturated/α-hetero) is 2. The topological polar surface area (TPSA) is 185 Å². The first-order valence-electron chi connectivity index (χ1n) is 13.6. The zero-order chi connectivity index (χ0) is 29.4. The average Bonchev–Trinajstić information content (AvgIpc) is 2.88. The number of likely N-dealkylation sites (tertiary alicyclic amines) is 1. The first kappa shape index (κ1) is 28.3. The van der Waals surface area contributed by atoms with Crippen molar-refractivity contribution in [1.82, 2.24) is 9.80 Å². The largest absolute Gasteiger partial charge is 0.510 e. The van der Waals surface area contributed by atoms with Crippen molar-refractivity contribution in [2.24, 2.45) is 23.5 Å². The molecule has 0 aromatic heterocycles. The van der Waals surface area contributed by atoms with Crippen LogP contribution in [0.1, 0.15) is 54.1 Å². The summed E-state index contributed by atoms with van der Waals surface area (Å²) in [5, 5.41) is 57.2. The van der Waals surface area contributed by atoms with Gasteiger partial charge in [-0.15, -0.1) is 0 Å². The van der Waals surface area contributed by atoms with Crippen LogP contribution in [0.15, 0.2) is 34.8 Å². The van der Waals surface area contributed by atoms with E-state index in [-0.39, 0.29) is 11.3 Å². The number of nitrogens with zero attached hydrogens (tertiary/aromatic N) is 2. The Morgan fingerprint density at radius 2 is 1.75 bits per heavy atom. The van der Waals surface area contributed by atoms with Crippen molar-refractivity contribution in [2.75, 3.05) is 27.2 Å². The van der Waals surface area contributed by atoms with Crippen molar-refractivity contribution in [1.29, 1.82) is 0 Å². The summed E-state index contributed by atoms with van der Waals surface area (Å²) < 4.78 is 0. The van der Waals surface area contributed by atoms with Crippen LogP contribution in [0.3, 0.4) is 0 Å². The van der Waals surface area contributed by atoms with Crippen LogP contribution in [-0.4, -0.2) is 97.7 Å². The summed E-state index contributed by atoms with van der Waals surface area (Å²) in [6.45, 7) is 6.05. The number of rotatable bonds is 4. The van der Waals surface area contributed by atoms with E-state index in [1.54, 1.807) is 19.1 Å². The zero-order valence-electron chi connectivity index (χ0n) is 23.1. The van der Waals surface area contributed by atoms with Gasteiger partial charge in [-0.05, 0) is 57.4 Å². The number of carbonyl (C=O) groups excluding carboxylic acids is 3. The lowest BCUT2D eigenvalue weighted by atomic mass is 9.55. The molecule has 0 unspecified atom stereocenters. The maximum Gasteiger partial charge on any atom is 0.255 e. The third-order valence-electron chi connectivity index (χ3n) is 9.49. The maximum atomic E-state index is 14.0. The number of piperidine rings is 1. The number of phenolic OH excluding ortho intramolecular Hbond substituents is 1. The van der Waals surface area contributed by atoms with Gasteiger partial charge >= 0.3 is 0 Å². The minimum atomic E-state index is -2.92. The first-order valence-corrected chi connectivity index (χ1v) is 13.6. The van der Waals surface area contributed by atoms with Gasteiger partial charge in [-0.25, -0.2) is 0 Å². The second-order valence-electron chi connectivity index (χ2n) is 12.0. The molecule has 0 saturated carbocycles. The molecular formula is C29H37N3O8. The molecule has 40 heavy (non-hydrogen) atoms. The van der Waals surface area contributed by atoms with E-state index in [2.05, 4.69) is 11.8 Å². The summed E-state index contributed by atoms with van der Waals surface area (Å²) in [5.41, 5.74) is 2.08. The van der Waals surface area contributed by atoms with Crippen molar-refractivity contribution in [2.45, 2.75) is 56.9 Å². The molecule has 3 aliphatic carbocycles. The molecule has 11 heteroatoms. The molecule has 6 atom stereocenters. The number of nitrogens with two attached hydrogens (primary N) is 1. The fraction of sp³-hybridized carbons (Fsp3) is 0.552. The van der Waals surface area contributed by atoms with E-state index in [1.807, 2.05) is 0 Å². The van der Waals surface area contributed by atoms with Crippen molar-refractivity contribution >= 4 is 17.5 Å². The number of aromatic hydroxyl groups is 1. The standard InChI is InChI=1S/C29H37N3O8/c1-12-7-9-32(10-8-12)11-14-5-6-15-13(2)16-18(23(34)17(15)22(14)33)26(37)29(40)20(24(16)35)21(31(3)4)25(36)19(27(29)38)28(30)39/h5-6,12-13,16,20-21,24,33,35-37,40H,7-11H2,1-4H3,(H2,30,39)/t13-,16+,20+,21-,24-,29-/m0/s1. The minimum absolute atomic E-state index is 0.0524. The summed E-state index contributed by atoms with van der Waals surface area (Å²) in [6.07, 6.45) is 0.454. The lowest BCUT2D eigenvalue weighted by Crippen LogP contribution is -2.68. The second-order valence-corrected chi connectivity index (χ2v) is 12.0. The second kappa shape index (κ2) is 9.69. The number of hydrogen-bond donors (Lipinski definition) is 6. The number of aliphatic hydroxyl groups excluding tert-OH is 3. The van der Waals surface area contributed by atoms with Crippen LogP contribution in [0.5, 0.6) is 5.75 Å². The van der Waals surface area contributed by atoms with E-state index in [0.29, 0.717) is 23.6 Å². The van der Waals surface area contributed by atoms with Gasteiger partial charge in [-0.2, -0.15) is 0 Å². The molecule has 1 fully saturated rings. The highest BCUT2D eigenvalue weighted by Gasteiger charge is 2.67. The first-order chi connectivity index (χ1) is 18.7. The van der Waals surface area contributed by atoms with E-state index >= 15 is 0 Å². The van der Waals surface area contributed by atoms with Crippen LogP contribution in [0.4, 0.5) is 0 Å². The van der Waals surface area contributed by atoms with Crippen LogP contribution < -0.4 is 5.73 Å². The quantitative estimate of drug-likeness (QED) is 0.292. The summed E-state index contributed by atoms with van der Waals surface area (Å²) in [5.74, 6) is -8.11. The molecule has 1 aromatic carbocycles. The Labute approximate surface area is 232 Å². The Bertz CT molecular complexity index is 1360. The van der Waals surface area contributed by atoms with E-state index in [9.17, 15) is 39.9 Å². The number of primary amides is 1. The van der Waals surface area contributed by atoms with Gasteiger partial charge in [-0.1, -0.05) is 26.0 Å². The van der Waals surface area contributed by atoms with Gasteiger partial charge in [0.25, 0.3) is 5.91 Å². The average molecular weight is 556 g/mol. The van der Waals surface area contributed by atoms with Gasteiger partial charge in [0.15, 0.2) is 11.4 Å². The highest BCUT2D eigenvalue weighted by molar-refractivity contribution is 6.25. The zero-order valence-corrected chi connectivity index (χ0v) is 23.1. The lowest BCUT2D eigenvalue weighted by molar-refractivity contribution is -0.162. The molecule has 1 saturated heterocycles. The fourth-order valence-corrected chi connectivity index (χ4v) is 7.25. The molecule has 7 N–H and O–H groups in total. The fourth-order valence-electron chi connectivity index (χ4n) is 7.25. The van der Waals surface area contributed by atoms with Gasteiger partial charge in [0.2, 0.25) is 5.78 Å². The van der Waals surface area contributed by atoms with Crippen molar-refractivity contribution in [3.8, 4) is 5.75 Å². The molecule has 216 valence electrons. The van der Waals surface area contributed by atoms with E-state index in [1.165, 1.54) is 19.0 Å². The highest BCUT2D eigenvalue weighted by Crippen LogP contribution is 2.55. The molecule has 1 aliphatic heterocycles. The summed E-state index contributed by atoms with van der Waals surface area (Å²) in [6, 6.07) is 2.21. The lowest BCUT2D eigenvalue weighted by Gasteiger charge is -2.53. The van der Waals surface area contributed by atoms with Gasteiger partial charge in [0.1, 0.15) is 22.8 Å². The number of fused-ring (bicyclic) bond motifs is 3. The summed E-state index contributed by atoms with van der Waals surface area (Å²) in [4.78, 5) is 43.2. The normalized spacial score (nSPS) is 33.2. The van der Waals surface area contributed by atoms with Crippen molar-refractivity contribution in [3.63, 3.8) is 0 Å². The number of ketones is 2. The molecule has 0 bridgehead atoms.